The van der Waals surface area contributed by atoms with Crippen molar-refractivity contribution in [2.75, 3.05) is 17.1 Å². The summed E-state index contributed by atoms with van der Waals surface area (Å²) in [6, 6.07) is 7.88. The number of ether oxygens (including phenoxy) is 1. The first-order chi connectivity index (χ1) is 9.94. The molecular formula is C15H24N2O3S. The Labute approximate surface area is 127 Å². The summed E-state index contributed by atoms with van der Waals surface area (Å²) in [5.74, 6) is 0.0314. The van der Waals surface area contributed by atoms with Crippen LogP contribution in [0.15, 0.2) is 24.3 Å². The summed E-state index contributed by atoms with van der Waals surface area (Å²) in [7, 11) is -3.35. The number of hydrogen-bond donors (Lipinski definition) is 2. The van der Waals surface area contributed by atoms with Crippen molar-refractivity contribution in [2.45, 2.75) is 45.4 Å². The minimum atomic E-state index is -3.35. The van der Waals surface area contributed by atoms with Crippen molar-refractivity contribution in [2.24, 2.45) is 0 Å². The minimum absolute atomic E-state index is 0.0314. The molecule has 0 amide bonds. The summed E-state index contributed by atoms with van der Waals surface area (Å²) in [6.45, 7) is 5.62. The zero-order chi connectivity index (χ0) is 15.3. The van der Waals surface area contributed by atoms with Crippen molar-refractivity contribution in [3.8, 4) is 0 Å². The topological polar surface area (TPSA) is 67.4 Å². The van der Waals surface area contributed by atoms with Gasteiger partial charge in [-0.3, -0.25) is 4.72 Å². The summed E-state index contributed by atoms with van der Waals surface area (Å²) in [5, 5.41) is 3.32. The van der Waals surface area contributed by atoms with E-state index in [0.717, 1.165) is 24.9 Å². The van der Waals surface area contributed by atoms with Crippen molar-refractivity contribution in [1.29, 1.82) is 0 Å². The van der Waals surface area contributed by atoms with Crippen LogP contribution in [0, 0.1) is 0 Å². The lowest BCUT2D eigenvalue weighted by molar-refractivity contribution is 0.127. The molecule has 1 aliphatic heterocycles. The van der Waals surface area contributed by atoms with Gasteiger partial charge in [0.15, 0.2) is 0 Å². The lowest BCUT2D eigenvalue weighted by Crippen LogP contribution is -2.25. The van der Waals surface area contributed by atoms with E-state index in [1.807, 2.05) is 12.1 Å². The van der Waals surface area contributed by atoms with Crippen LogP contribution < -0.4 is 10.0 Å². The molecule has 0 spiro atoms. The molecule has 0 aliphatic carbocycles. The van der Waals surface area contributed by atoms with Gasteiger partial charge in [-0.15, -0.1) is 0 Å². The van der Waals surface area contributed by atoms with E-state index >= 15 is 0 Å². The van der Waals surface area contributed by atoms with Crippen LogP contribution in [-0.4, -0.2) is 32.9 Å². The normalized spacial score (nSPS) is 19.1. The first-order valence-corrected chi connectivity index (χ1v) is 9.04. The van der Waals surface area contributed by atoms with Crippen LogP contribution in [0.25, 0.3) is 0 Å². The summed E-state index contributed by atoms with van der Waals surface area (Å²) in [4.78, 5) is 0. The van der Waals surface area contributed by atoms with Crippen LogP contribution in [0.3, 0.4) is 0 Å². The molecule has 1 fully saturated rings. The molecule has 0 saturated carbocycles. The van der Waals surface area contributed by atoms with Gasteiger partial charge in [0.05, 0.1) is 11.9 Å². The van der Waals surface area contributed by atoms with Crippen molar-refractivity contribution in [1.82, 2.24) is 5.32 Å². The predicted octanol–water partition coefficient (Wildman–Crippen LogP) is 2.11. The average Bonchev–Trinajstić information content (AvgIpc) is 2.89. The number of benzene rings is 1. The molecule has 0 radical (unpaired) electrons. The van der Waals surface area contributed by atoms with E-state index in [1.165, 1.54) is 0 Å². The van der Waals surface area contributed by atoms with Crippen LogP contribution in [0.4, 0.5) is 5.69 Å². The largest absolute Gasteiger partial charge is 0.377 e. The van der Waals surface area contributed by atoms with Crippen LogP contribution in [0.2, 0.25) is 0 Å². The molecular weight excluding hydrogens is 288 g/mol. The smallest absolute Gasteiger partial charge is 0.235 e. The van der Waals surface area contributed by atoms with Gasteiger partial charge in [0.1, 0.15) is 0 Å². The predicted molar refractivity (Wildman–Crippen MR) is 84.8 cm³/mol. The fraction of sp³-hybridized carbons (Fsp3) is 0.600. The van der Waals surface area contributed by atoms with Crippen molar-refractivity contribution in [3.05, 3.63) is 29.8 Å². The molecule has 21 heavy (non-hydrogen) atoms. The number of anilines is 1. The molecule has 1 aromatic carbocycles. The van der Waals surface area contributed by atoms with E-state index in [9.17, 15) is 8.42 Å². The van der Waals surface area contributed by atoms with E-state index in [2.05, 4.69) is 23.9 Å². The van der Waals surface area contributed by atoms with Crippen molar-refractivity contribution in [3.63, 3.8) is 0 Å². The van der Waals surface area contributed by atoms with Gasteiger partial charge in [0.2, 0.25) is 10.0 Å². The molecule has 118 valence electrons. The lowest BCUT2D eigenvalue weighted by atomic mass is 10.2. The van der Waals surface area contributed by atoms with E-state index in [-0.39, 0.29) is 11.9 Å². The maximum absolute atomic E-state index is 12.1. The monoisotopic (exact) mass is 312 g/mol. The highest BCUT2D eigenvalue weighted by molar-refractivity contribution is 7.92. The maximum atomic E-state index is 12.1. The fourth-order valence-electron chi connectivity index (χ4n) is 2.25. The Hall–Kier alpha value is -1.11. The Morgan fingerprint density at radius 1 is 1.29 bits per heavy atom. The van der Waals surface area contributed by atoms with E-state index in [1.54, 1.807) is 12.1 Å². The third-order valence-corrected chi connectivity index (χ3v) is 4.73. The average molecular weight is 312 g/mol. The maximum Gasteiger partial charge on any atom is 0.235 e. The van der Waals surface area contributed by atoms with Crippen LogP contribution in [0.1, 0.15) is 32.3 Å². The molecule has 6 heteroatoms. The van der Waals surface area contributed by atoms with E-state index < -0.39 is 10.0 Å². The molecule has 0 aromatic heterocycles. The minimum Gasteiger partial charge on any atom is -0.377 e. The fourth-order valence-corrected chi connectivity index (χ4v) is 3.59. The Balaban J connectivity index is 1.89. The highest BCUT2D eigenvalue weighted by atomic mass is 32.2. The molecule has 5 nitrogen and oxygen atoms in total. The van der Waals surface area contributed by atoms with Crippen molar-refractivity contribution >= 4 is 15.7 Å². The standard InChI is InChI=1S/C15H24N2O3S/c1-12(2)16-10-13-5-7-14(8-6-13)17-21(18,19)11-15-4-3-9-20-15/h5-8,12,15-17H,3-4,9-11H2,1-2H3. The molecule has 1 aliphatic rings. The third kappa shape index (κ3) is 5.65. The number of hydrogen-bond acceptors (Lipinski definition) is 4. The van der Waals surface area contributed by atoms with Gasteiger partial charge < -0.3 is 10.1 Å². The van der Waals surface area contributed by atoms with Crippen LogP contribution in [-0.2, 0) is 21.3 Å². The Morgan fingerprint density at radius 2 is 2.00 bits per heavy atom. The van der Waals surface area contributed by atoms with Gasteiger partial charge in [-0.05, 0) is 30.5 Å². The van der Waals surface area contributed by atoms with Crippen LogP contribution >= 0.6 is 0 Å². The summed E-state index contributed by atoms with van der Waals surface area (Å²) in [6.07, 6.45) is 1.59. The quantitative estimate of drug-likeness (QED) is 0.809. The Kier molecular flexibility index (Phi) is 5.61. The zero-order valence-corrected chi connectivity index (χ0v) is 13.4. The Bertz CT molecular complexity index is 535. The summed E-state index contributed by atoms with van der Waals surface area (Å²) >= 11 is 0. The van der Waals surface area contributed by atoms with Gasteiger partial charge in [-0.2, -0.15) is 0 Å². The SMILES string of the molecule is CC(C)NCc1ccc(NS(=O)(=O)CC2CCCO2)cc1. The van der Waals surface area contributed by atoms with Gasteiger partial charge >= 0.3 is 0 Å². The van der Waals surface area contributed by atoms with Gasteiger partial charge in [0, 0.05) is 24.9 Å². The summed E-state index contributed by atoms with van der Waals surface area (Å²) < 4.78 is 32.1. The molecule has 1 unspecified atom stereocenters. The first-order valence-electron chi connectivity index (χ1n) is 7.39. The lowest BCUT2D eigenvalue weighted by Gasteiger charge is -2.13. The third-order valence-electron chi connectivity index (χ3n) is 3.37. The molecule has 2 rings (SSSR count). The zero-order valence-electron chi connectivity index (χ0n) is 12.6. The van der Waals surface area contributed by atoms with Gasteiger partial charge in [-0.25, -0.2) is 8.42 Å². The van der Waals surface area contributed by atoms with Crippen LogP contribution in [0.5, 0.6) is 0 Å². The molecule has 2 N–H and O–H groups in total. The number of sulfonamides is 1. The summed E-state index contributed by atoms with van der Waals surface area (Å²) in [5.41, 5.74) is 1.73. The molecule has 1 atom stereocenters. The Morgan fingerprint density at radius 3 is 2.57 bits per heavy atom. The van der Waals surface area contributed by atoms with Gasteiger partial charge in [-0.1, -0.05) is 26.0 Å². The second-order valence-electron chi connectivity index (χ2n) is 5.75. The first kappa shape index (κ1) is 16.3. The molecule has 0 bridgehead atoms. The molecule has 1 heterocycles. The van der Waals surface area contributed by atoms with Crippen molar-refractivity contribution < 1.29 is 13.2 Å². The van der Waals surface area contributed by atoms with Gasteiger partial charge in [0.25, 0.3) is 0 Å². The highest BCUT2D eigenvalue weighted by Gasteiger charge is 2.23. The second kappa shape index (κ2) is 7.24. The number of rotatable bonds is 7. The second-order valence-corrected chi connectivity index (χ2v) is 7.52. The number of nitrogens with one attached hydrogen (secondary N) is 2. The highest BCUT2D eigenvalue weighted by Crippen LogP contribution is 2.16. The van der Waals surface area contributed by atoms with E-state index in [4.69, 9.17) is 4.74 Å². The molecule has 1 saturated heterocycles. The van der Waals surface area contributed by atoms with E-state index in [0.29, 0.717) is 18.3 Å². The molecule has 1 aromatic rings.